The molecule has 0 amide bonds. The van der Waals surface area contributed by atoms with E-state index < -0.39 is 12.1 Å². The average Bonchev–Trinajstić information content (AvgIpc) is 2.79. The Morgan fingerprint density at radius 3 is 2.64 bits per heavy atom. The number of halogens is 2. The number of benzene rings is 2. The number of ether oxygens (including phenoxy) is 3. The highest BCUT2D eigenvalue weighted by Gasteiger charge is 2.19. The highest BCUT2D eigenvalue weighted by molar-refractivity contribution is 9.10. The fourth-order valence-corrected chi connectivity index (χ4v) is 3.85. The van der Waals surface area contributed by atoms with Crippen molar-refractivity contribution in [1.82, 2.24) is 9.66 Å². The van der Waals surface area contributed by atoms with Crippen LogP contribution in [0.15, 0.2) is 49.2 Å². The molecule has 1 atom stereocenters. The predicted molar refractivity (Wildman–Crippen MR) is 133 cm³/mol. The van der Waals surface area contributed by atoms with Crippen LogP contribution in [0.2, 0.25) is 0 Å². The van der Waals surface area contributed by atoms with Gasteiger partial charge in [0, 0.05) is 20.9 Å². The number of hydrogen-bond acceptors (Lipinski definition) is 7. The second kappa shape index (κ2) is 10.9. The van der Waals surface area contributed by atoms with Gasteiger partial charge >= 0.3 is 5.97 Å². The molecule has 0 N–H and O–H groups in total. The molecule has 0 bridgehead atoms. The third-order valence-electron chi connectivity index (χ3n) is 4.71. The topological polar surface area (TPSA) is 92.0 Å². The number of fused-ring (bicyclic) bond motifs is 1. The Hall–Kier alpha value is -2.72. The lowest BCUT2D eigenvalue weighted by Gasteiger charge is -2.17. The predicted octanol–water partition coefficient (Wildman–Crippen LogP) is 4.71. The molecule has 0 aliphatic rings. The van der Waals surface area contributed by atoms with Crippen molar-refractivity contribution < 1.29 is 19.0 Å². The van der Waals surface area contributed by atoms with Crippen LogP contribution in [0.3, 0.4) is 0 Å². The lowest BCUT2D eigenvalue weighted by molar-refractivity contribution is -0.150. The zero-order valence-electron chi connectivity index (χ0n) is 18.6. The van der Waals surface area contributed by atoms with Gasteiger partial charge in [-0.2, -0.15) is 9.78 Å². The summed E-state index contributed by atoms with van der Waals surface area (Å²) < 4.78 is 18.8. The molecule has 3 rings (SSSR count). The van der Waals surface area contributed by atoms with Gasteiger partial charge in [-0.3, -0.25) is 4.79 Å². The molecule has 2 aromatic carbocycles. The smallest absolute Gasteiger partial charge is 0.347 e. The molecule has 0 aliphatic heterocycles. The van der Waals surface area contributed by atoms with E-state index in [9.17, 15) is 9.59 Å². The van der Waals surface area contributed by atoms with Crippen molar-refractivity contribution >= 4 is 54.9 Å². The van der Waals surface area contributed by atoms with Crippen molar-refractivity contribution in [3.05, 3.63) is 61.0 Å². The molecule has 0 fully saturated rings. The van der Waals surface area contributed by atoms with Crippen LogP contribution in [0.5, 0.6) is 11.5 Å². The second-order valence-corrected chi connectivity index (χ2v) is 8.71. The van der Waals surface area contributed by atoms with E-state index in [1.54, 1.807) is 38.1 Å². The van der Waals surface area contributed by atoms with Gasteiger partial charge in [-0.05, 0) is 60.1 Å². The minimum atomic E-state index is -0.807. The van der Waals surface area contributed by atoms with Gasteiger partial charge in [0.25, 0.3) is 5.56 Å². The minimum Gasteiger partial charge on any atom is -0.493 e. The number of aromatic nitrogens is 2. The van der Waals surface area contributed by atoms with Gasteiger partial charge in [0.15, 0.2) is 17.6 Å². The molecule has 1 heterocycles. The summed E-state index contributed by atoms with van der Waals surface area (Å²) in [7, 11) is 1.50. The molecule has 0 saturated carbocycles. The SMILES string of the molecule is CCOC(=O)[C@@H](C)Oc1cc(Br)c(C=Nn2c(CC)nc3ccc(Br)cc3c2=O)cc1OC. The van der Waals surface area contributed by atoms with E-state index in [0.717, 1.165) is 4.47 Å². The van der Waals surface area contributed by atoms with Gasteiger partial charge < -0.3 is 14.2 Å². The summed E-state index contributed by atoms with van der Waals surface area (Å²) in [6, 6.07) is 8.74. The van der Waals surface area contributed by atoms with E-state index in [2.05, 4.69) is 41.9 Å². The zero-order chi connectivity index (χ0) is 24.1. The number of rotatable bonds is 8. The van der Waals surface area contributed by atoms with Gasteiger partial charge in [-0.25, -0.2) is 9.78 Å². The monoisotopic (exact) mass is 579 g/mol. The van der Waals surface area contributed by atoms with Gasteiger partial charge in [0.1, 0.15) is 5.82 Å². The second-order valence-electron chi connectivity index (χ2n) is 6.94. The quantitative estimate of drug-likeness (QED) is 0.283. The summed E-state index contributed by atoms with van der Waals surface area (Å²) >= 11 is 6.89. The van der Waals surface area contributed by atoms with E-state index in [-0.39, 0.29) is 12.2 Å². The summed E-state index contributed by atoms with van der Waals surface area (Å²) in [5, 5.41) is 4.87. The number of esters is 1. The fourth-order valence-electron chi connectivity index (χ4n) is 3.06. The largest absolute Gasteiger partial charge is 0.493 e. The minimum absolute atomic E-state index is 0.263. The molecular weight excluding hydrogens is 558 g/mol. The first-order valence-electron chi connectivity index (χ1n) is 10.2. The first kappa shape index (κ1) is 24.9. The van der Waals surface area contributed by atoms with Crippen LogP contribution in [0.4, 0.5) is 0 Å². The number of carbonyl (C=O) groups is 1. The highest BCUT2D eigenvalue weighted by atomic mass is 79.9. The number of nitrogens with zero attached hydrogens (tertiary/aromatic N) is 3. The van der Waals surface area contributed by atoms with Crippen molar-refractivity contribution in [2.24, 2.45) is 5.10 Å². The molecule has 0 aliphatic carbocycles. The Balaban J connectivity index is 1.99. The van der Waals surface area contributed by atoms with E-state index in [1.165, 1.54) is 18.0 Å². The highest BCUT2D eigenvalue weighted by Crippen LogP contribution is 2.33. The molecule has 0 unspecified atom stereocenters. The van der Waals surface area contributed by atoms with Crippen molar-refractivity contribution in [3.8, 4) is 11.5 Å². The van der Waals surface area contributed by atoms with Crippen molar-refractivity contribution in [2.45, 2.75) is 33.3 Å². The number of aryl methyl sites for hydroxylation is 1. The lowest BCUT2D eigenvalue weighted by Crippen LogP contribution is -2.26. The first-order chi connectivity index (χ1) is 15.8. The zero-order valence-corrected chi connectivity index (χ0v) is 21.8. The third-order valence-corrected chi connectivity index (χ3v) is 5.89. The van der Waals surface area contributed by atoms with Crippen LogP contribution in [-0.4, -0.2) is 41.7 Å². The first-order valence-corrected chi connectivity index (χ1v) is 11.8. The maximum atomic E-state index is 13.1. The Bertz CT molecular complexity index is 1270. The van der Waals surface area contributed by atoms with Crippen LogP contribution in [0.25, 0.3) is 10.9 Å². The van der Waals surface area contributed by atoms with E-state index >= 15 is 0 Å². The average molecular weight is 581 g/mol. The summed E-state index contributed by atoms with van der Waals surface area (Å²) in [5.41, 5.74) is 0.999. The Morgan fingerprint density at radius 1 is 1.21 bits per heavy atom. The Kier molecular flexibility index (Phi) is 8.25. The Morgan fingerprint density at radius 2 is 1.97 bits per heavy atom. The van der Waals surface area contributed by atoms with Crippen LogP contribution in [0.1, 0.15) is 32.2 Å². The maximum Gasteiger partial charge on any atom is 0.347 e. The van der Waals surface area contributed by atoms with Crippen molar-refractivity contribution in [2.75, 3.05) is 13.7 Å². The van der Waals surface area contributed by atoms with E-state index in [1.807, 2.05) is 13.0 Å². The molecule has 0 radical (unpaired) electrons. The molecular formula is C23H23Br2N3O5. The van der Waals surface area contributed by atoms with Gasteiger partial charge in [-0.15, -0.1) is 0 Å². The van der Waals surface area contributed by atoms with Crippen molar-refractivity contribution in [3.63, 3.8) is 0 Å². The number of carbonyl (C=O) groups excluding carboxylic acids is 1. The van der Waals surface area contributed by atoms with Gasteiger partial charge in [0.05, 0.1) is 30.8 Å². The van der Waals surface area contributed by atoms with Gasteiger partial charge in [0.2, 0.25) is 0 Å². The standard InChI is InChI=1S/C23H23Br2N3O5/c1-5-21-27-18-8-7-15(24)10-16(18)22(29)28(21)26-12-14-9-19(31-4)20(11-17(14)25)33-13(3)23(30)32-6-2/h7-13H,5-6H2,1-4H3/t13-/m1/s1. The molecule has 174 valence electrons. The molecule has 0 saturated heterocycles. The van der Waals surface area contributed by atoms with E-state index in [0.29, 0.717) is 44.7 Å². The summed E-state index contributed by atoms with van der Waals surface area (Å²) in [6.45, 7) is 5.51. The third kappa shape index (κ3) is 5.62. The van der Waals surface area contributed by atoms with Crippen LogP contribution in [-0.2, 0) is 16.0 Å². The number of hydrogen-bond donors (Lipinski definition) is 0. The fraction of sp³-hybridized carbons (Fsp3) is 0.304. The summed E-state index contributed by atoms with van der Waals surface area (Å²) in [6.07, 6.45) is 1.26. The molecule has 0 spiro atoms. The lowest BCUT2D eigenvalue weighted by atomic mass is 10.2. The molecule has 8 nitrogen and oxygen atoms in total. The maximum absolute atomic E-state index is 13.1. The molecule has 1 aromatic heterocycles. The van der Waals surface area contributed by atoms with Gasteiger partial charge in [-0.1, -0.05) is 22.9 Å². The van der Waals surface area contributed by atoms with Crippen LogP contribution >= 0.6 is 31.9 Å². The summed E-state index contributed by atoms with van der Waals surface area (Å²) in [5.74, 6) is 0.839. The molecule has 10 heteroatoms. The number of methoxy groups -OCH3 is 1. The van der Waals surface area contributed by atoms with Crippen LogP contribution < -0.4 is 15.0 Å². The molecule has 3 aromatic rings. The summed E-state index contributed by atoms with van der Waals surface area (Å²) in [4.78, 5) is 29.5. The van der Waals surface area contributed by atoms with E-state index in [4.69, 9.17) is 14.2 Å². The molecule has 33 heavy (non-hydrogen) atoms. The normalized spacial score (nSPS) is 12.2. The van der Waals surface area contributed by atoms with Crippen molar-refractivity contribution in [1.29, 1.82) is 0 Å². The van der Waals surface area contributed by atoms with Crippen LogP contribution in [0, 0.1) is 0 Å². The Labute approximate surface area is 207 Å².